The molecule has 1 heterocycles. The molecule has 0 fully saturated rings. The fraction of sp³-hybridized carbons (Fsp3) is 0.143. The maximum Gasteiger partial charge on any atom is 0.515 e. The predicted octanol–water partition coefficient (Wildman–Crippen LogP) is 3.36. The van der Waals surface area contributed by atoms with Crippen LogP contribution in [-0.2, 0) is 4.74 Å². The molecular weight excluding hydrogens is 230 g/mol. The normalized spacial score (nSPS) is 11.6. The van der Waals surface area contributed by atoms with Crippen molar-refractivity contribution in [3.05, 3.63) is 60.3 Å². The van der Waals surface area contributed by atoms with Crippen molar-refractivity contribution in [2.45, 2.75) is 13.0 Å². The van der Waals surface area contributed by atoms with E-state index in [0.717, 1.165) is 5.56 Å². The Labute approximate surface area is 105 Å². The van der Waals surface area contributed by atoms with Gasteiger partial charge in [0.2, 0.25) is 5.88 Å². The van der Waals surface area contributed by atoms with Gasteiger partial charge in [0.05, 0.1) is 0 Å². The molecule has 1 atom stereocenters. The van der Waals surface area contributed by atoms with Gasteiger partial charge in [-0.15, -0.1) is 0 Å². The average molecular weight is 243 g/mol. The van der Waals surface area contributed by atoms with Gasteiger partial charge in [-0.3, -0.25) is 0 Å². The van der Waals surface area contributed by atoms with E-state index in [0.29, 0.717) is 0 Å². The van der Waals surface area contributed by atoms with Gasteiger partial charge in [-0.1, -0.05) is 36.4 Å². The molecule has 2 aromatic rings. The summed E-state index contributed by atoms with van der Waals surface area (Å²) in [7, 11) is 0. The van der Waals surface area contributed by atoms with Crippen LogP contribution >= 0.6 is 0 Å². The Morgan fingerprint density at radius 1 is 1.11 bits per heavy atom. The topological polar surface area (TPSA) is 48.4 Å². The van der Waals surface area contributed by atoms with E-state index in [2.05, 4.69) is 4.98 Å². The standard InChI is InChI=1S/C14H13NO3/c1-11(12-7-3-2-4-8-12)17-14(16)18-13-9-5-6-10-15-13/h2-11H,1H3. The summed E-state index contributed by atoms with van der Waals surface area (Å²) in [4.78, 5) is 15.4. The van der Waals surface area contributed by atoms with Crippen LogP contribution in [0.25, 0.3) is 0 Å². The molecule has 0 N–H and O–H groups in total. The van der Waals surface area contributed by atoms with Crippen molar-refractivity contribution >= 4 is 6.16 Å². The second-order valence-corrected chi connectivity index (χ2v) is 3.69. The number of rotatable bonds is 3. The summed E-state index contributed by atoms with van der Waals surface area (Å²) in [5, 5.41) is 0. The van der Waals surface area contributed by atoms with Crippen LogP contribution in [0.15, 0.2) is 54.7 Å². The van der Waals surface area contributed by atoms with Gasteiger partial charge >= 0.3 is 6.16 Å². The van der Waals surface area contributed by atoms with Crippen LogP contribution in [0.5, 0.6) is 5.88 Å². The molecular formula is C14H13NO3. The van der Waals surface area contributed by atoms with Gasteiger partial charge in [-0.2, -0.15) is 0 Å². The van der Waals surface area contributed by atoms with Crippen LogP contribution in [0.2, 0.25) is 0 Å². The smallest absolute Gasteiger partial charge is 0.426 e. The minimum Gasteiger partial charge on any atom is -0.426 e. The molecule has 0 saturated carbocycles. The summed E-state index contributed by atoms with van der Waals surface area (Å²) < 4.78 is 10.1. The van der Waals surface area contributed by atoms with Crippen LogP contribution in [0.4, 0.5) is 4.79 Å². The number of aromatic nitrogens is 1. The molecule has 0 radical (unpaired) electrons. The quantitative estimate of drug-likeness (QED) is 0.775. The molecule has 2 rings (SSSR count). The molecule has 1 aromatic heterocycles. The molecule has 0 saturated heterocycles. The van der Waals surface area contributed by atoms with Crippen LogP contribution in [0.1, 0.15) is 18.6 Å². The zero-order chi connectivity index (χ0) is 12.8. The number of pyridine rings is 1. The highest BCUT2D eigenvalue weighted by molar-refractivity contribution is 5.63. The molecule has 18 heavy (non-hydrogen) atoms. The van der Waals surface area contributed by atoms with E-state index < -0.39 is 6.16 Å². The van der Waals surface area contributed by atoms with Gasteiger partial charge in [0.25, 0.3) is 0 Å². The van der Waals surface area contributed by atoms with Crippen molar-refractivity contribution in [1.29, 1.82) is 0 Å². The number of nitrogens with zero attached hydrogens (tertiary/aromatic N) is 1. The molecule has 4 heteroatoms. The zero-order valence-corrected chi connectivity index (χ0v) is 9.95. The van der Waals surface area contributed by atoms with Crippen molar-refractivity contribution < 1.29 is 14.3 Å². The van der Waals surface area contributed by atoms with E-state index in [1.807, 2.05) is 30.3 Å². The first kappa shape index (κ1) is 12.1. The van der Waals surface area contributed by atoms with Gasteiger partial charge in [0, 0.05) is 12.3 Å². The molecule has 4 nitrogen and oxygen atoms in total. The maximum absolute atomic E-state index is 11.5. The van der Waals surface area contributed by atoms with Crippen molar-refractivity contribution in [2.24, 2.45) is 0 Å². The molecule has 0 amide bonds. The highest BCUT2D eigenvalue weighted by Crippen LogP contribution is 2.17. The molecule has 1 aromatic carbocycles. The first-order valence-electron chi connectivity index (χ1n) is 5.60. The minimum atomic E-state index is -0.759. The molecule has 0 aliphatic rings. The minimum absolute atomic E-state index is 0.225. The van der Waals surface area contributed by atoms with Crippen molar-refractivity contribution in [3.63, 3.8) is 0 Å². The number of carbonyl (C=O) groups excluding carboxylic acids is 1. The average Bonchev–Trinajstić information content (AvgIpc) is 2.40. The molecule has 0 bridgehead atoms. The Morgan fingerprint density at radius 3 is 2.50 bits per heavy atom. The lowest BCUT2D eigenvalue weighted by atomic mass is 10.1. The Bertz CT molecular complexity index is 499. The first-order valence-corrected chi connectivity index (χ1v) is 5.60. The van der Waals surface area contributed by atoms with E-state index in [1.54, 1.807) is 31.3 Å². The lowest BCUT2D eigenvalue weighted by Crippen LogP contribution is -2.13. The van der Waals surface area contributed by atoms with Gasteiger partial charge in [-0.05, 0) is 18.6 Å². The Balaban J connectivity index is 1.92. The zero-order valence-electron chi connectivity index (χ0n) is 9.95. The van der Waals surface area contributed by atoms with Gasteiger partial charge in [0.1, 0.15) is 6.10 Å². The van der Waals surface area contributed by atoms with Crippen molar-refractivity contribution in [2.75, 3.05) is 0 Å². The van der Waals surface area contributed by atoms with E-state index in [1.165, 1.54) is 0 Å². The SMILES string of the molecule is CC(OC(=O)Oc1ccccn1)c1ccccc1. The third-order valence-electron chi connectivity index (χ3n) is 2.37. The lowest BCUT2D eigenvalue weighted by Gasteiger charge is -2.12. The third kappa shape index (κ3) is 3.31. The highest BCUT2D eigenvalue weighted by atomic mass is 16.7. The van der Waals surface area contributed by atoms with Crippen LogP contribution in [0.3, 0.4) is 0 Å². The van der Waals surface area contributed by atoms with Gasteiger partial charge < -0.3 is 9.47 Å². The summed E-state index contributed by atoms with van der Waals surface area (Å²) in [6.45, 7) is 1.79. The number of hydrogen-bond acceptors (Lipinski definition) is 4. The fourth-order valence-electron chi connectivity index (χ4n) is 1.45. The van der Waals surface area contributed by atoms with E-state index in [4.69, 9.17) is 9.47 Å². The summed E-state index contributed by atoms with van der Waals surface area (Å²) >= 11 is 0. The van der Waals surface area contributed by atoms with Crippen LogP contribution < -0.4 is 4.74 Å². The fourth-order valence-corrected chi connectivity index (χ4v) is 1.45. The summed E-state index contributed by atoms with van der Waals surface area (Å²) in [6.07, 6.45) is 0.427. The maximum atomic E-state index is 11.5. The predicted molar refractivity (Wildman–Crippen MR) is 66.2 cm³/mol. The summed E-state index contributed by atoms with van der Waals surface area (Å²) in [5.41, 5.74) is 0.912. The largest absolute Gasteiger partial charge is 0.515 e. The number of hydrogen-bond donors (Lipinski definition) is 0. The third-order valence-corrected chi connectivity index (χ3v) is 2.37. The van der Waals surface area contributed by atoms with E-state index >= 15 is 0 Å². The molecule has 0 spiro atoms. The van der Waals surface area contributed by atoms with E-state index in [9.17, 15) is 4.79 Å². The van der Waals surface area contributed by atoms with E-state index in [-0.39, 0.29) is 12.0 Å². The molecule has 92 valence electrons. The molecule has 0 aliphatic heterocycles. The molecule has 1 unspecified atom stereocenters. The van der Waals surface area contributed by atoms with Crippen molar-refractivity contribution in [3.8, 4) is 5.88 Å². The summed E-state index contributed by atoms with van der Waals surface area (Å²) in [5.74, 6) is 0.225. The number of carbonyl (C=O) groups is 1. The number of ether oxygens (including phenoxy) is 2. The Hall–Kier alpha value is -2.36. The van der Waals surface area contributed by atoms with Crippen molar-refractivity contribution in [1.82, 2.24) is 4.98 Å². The second-order valence-electron chi connectivity index (χ2n) is 3.69. The highest BCUT2D eigenvalue weighted by Gasteiger charge is 2.13. The Kier molecular flexibility index (Phi) is 3.91. The number of benzene rings is 1. The lowest BCUT2D eigenvalue weighted by molar-refractivity contribution is 0.0642. The Morgan fingerprint density at radius 2 is 1.83 bits per heavy atom. The summed E-state index contributed by atoms with van der Waals surface area (Å²) in [6, 6.07) is 14.5. The van der Waals surface area contributed by atoms with Gasteiger partial charge in [0.15, 0.2) is 0 Å². The first-order chi connectivity index (χ1) is 8.75. The van der Waals surface area contributed by atoms with Gasteiger partial charge in [-0.25, -0.2) is 9.78 Å². The van der Waals surface area contributed by atoms with Crippen LogP contribution in [-0.4, -0.2) is 11.1 Å². The van der Waals surface area contributed by atoms with Crippen LogP contribution in [0, 0.1) is 0 Å². The second kappa shape index (κ2) is 5.82. The monoisotopic (exact) mass is 243 g/mol. The molecule has 0 aliphatic carbocycles.